The van der Waals surface area contributed by atoms with E-state index in [1.807, 2.05) is 0 Å². The van der Waals surface area contributed by atoms with E-state index in [1.165, 1.54) is 12.1 Å². The first kappa shape index (κ1) is 23.0. The number of carbonyl (C=O) groups is 2. The third kappa shape index (κ3) is 4.83. The zero-order valence-corrected chi connectivity index (χ0v) is 18.6. The summed E-state index contributed by atoms with van der Waals surface area (Å²) in [5.41, 5.74) is -1.53. The predicted octanol–water partition coefficient (Wildman–Crippen LogP) is 1.50. The summed E-state index contributed by atoms with van der Waals surface area (Å²) in [5, 5.41) is 20.4. The topological polar surface area (TPSA) is 137 Å². The molecule has 1 aromatic rings. The number of nitrogens with one attached hydrogen (secondary N) is 1. The molecule has 168 valence electrons. The zero-order valence-electron chi connectivity index (χ0n) is 17.8. The number of amides is 2. The zero-order chi connectivity index (χ0) is 23.0. The van der Waals surface area contributed by atoms with Gasteiger partial charge in [-0.1, -0.05) is 18.2 Å². The Balaban J connectivity index is 1.91. The van der Waals surface area contributed by atoms with E-state index in [4.69, 9.17) is 4.74 Å². The lowest BCUT2D eigenvalue weighted by atomic mass is 10.2. The molecule has 2 N–H and O–H groups in total. The number of benzene rings is 1. The number of nitriles is 1. The molecule has 1 aromatic carbocycles. The van der Waals surface area contributed by atoms with Gasteiger partial charge in [-0.25, -0.2) is 13.2 Å². The maximum absolute atomic E-state index is 13.3. The highest BCUT2D eigenvalue weighted by Gasteiger charge is 2.51. The molecule has 2 amide bonds. The van der Waals surface area contributed by atoms with Crippen molar-refractivity contribution in [3.8, 4) is 6.07 Å². The summed E-state index contributed by atoms with van der Waals surface area (Å²) in [6, 6.07) is 7.08. The fraction of sp³-hybridized carbons (Fsp3) is 0.571. The quantitative estimate of drug-likeness (QED) is 0.695. The van der Waals surface area contributed by atoms with E-state index < -0.39 is 50.9 Å². The minimum absolute atomic E-state index is 0.0246. The number of likely N-dealkylation sites (tertiary alicyclic amines) is 1. The van der Waals surface area contributed by atoms with E-state index in [1.54, 1.807) is 32.9 Å². The molecule has 2 aliphatic rings. The predicted molar refractivity (Wildman–Crippen MR) is 110 cm³/mol. The largest absolute Gasteiger partial charge is 0.444 e. The standard InChI is InChI=1S/C21H27N3O6S/c1-20(2,3)30-19(27)24-11-15(10-16(24)18(26)23-21(13-22)8-9-21)31(28,29)17-7-5-4-6-14(17)12-25/h4-7,15-16,25H,8-12H2,1-3H3,(H,23,26). The third-order valence-electron chi connectivity index (χ3n) is 5.41. The van der Waals surface area contributed by atoms with Gasteiger partial charge in [-0.3, -0.25) is 9.69 Å². The smallest absolute Gasteiger partial charge is 0.411 e. The van der Waals surface area contributed by atoms with Gasteiger partial charge >= 0.3 is 6.09 Å². The molecule has 0 spiro atoms. The Kier molecular flexibility index (Phi) is 6.04. The van der Waals surface area contributed by atoms with Gasteiger partial charge in [-0.15, -0.1) is 0 Å². The van der Waals surface area contributed by atoms with Crippen molar-refractivity contribution in [2.24, 2.45) is 0 Å². The van der Waals surface area contributed by atoms with Crippen molar-refractivity contribution in [2.45, 2.75) is 74.0 Å². The number of nitrogens with zero attached hydrogens (tertiary/aromatic N) is 2. The molecule has 0 bridgehead atoms. The van der Waals surface area contributed by atoms with Crippen molar-refractivity contribution in [3.63, 3.8) is 0 Å². The van der Waals surface area contributed by atoms with Crippen LogP contribution < -0.4 is 5.32 Å². The number of sulfone groups is 1. The first-order valence-electron chi connectivity index (χ1n) is 10.1. The van der Waals surface area contributed by atoms with Crippen LogP contribution in [0.4, 0.5) is 4.79 Å². The van der Waals surface area contributed by atoms with Gasteiger partial charge in [0, 0.05) is 6.54 Å². The van der Waals surface area contributed by atoms with Gasteiger partial charge in [0.25, 0.3) is 0 Å². The molecule has 0 radical (unpaired) electrons. The third-order valence-corrected chi connectivity index (χ3v) is 7.64. The number of rotatable bonds is 5. The van der Waals surface area contributed by atoms with Crippen molar-refractivity contribution >= 4 is 21.8 Å². The Morgan fingerprint density at radius 3 is 2.52 bits per heavy atom. The van der Waals surface area contributed by atoms with Crippen molar-refractivity contribution in [2.75, 3.05) is 6.54 Å². The summed E-state index contributed by atoms with van der Waals surface area (Å²) in [7, 11) is -3.95. The lowest BCUT2D eigenvalue weighted by molar-refractivity contribution is -0.126. The molecule has 1 aliphatic carbocycles. The molecule has 2 fully saturated rings. The molecule has 9 nitrogen and oxygen atoms in total. The molecular formula is C21H27N3O6S. The SMILES string of the molecule is CC(C)(C)OC(=O)N1CC(S(=O)(=O)c2ccccc2CO)CC1C(=O)NC1(C#N)CC1. The molecule has 31 heavy (non-hydrogen) atoms. The van der Waals surface area contributed by atoms with Gasteiger partial charge < -0.3 is 15.2 Å². The Hall–Kier alpha value is -2.64. The number of aliphatic hydroxyl groups excluding tert-OH is 1. The number of carbonyl (C=O) groups excluding carboxylic acids is 2. The van der Waals surface area contributed by atoms with E-state index >= 15 is 0 Å². The Morgan fingerprint density at radius 1 is 1.32 bits per heavy atom. The second-order valence-electron chi connectivity index (χ2n) is 9.00. The fourth-order valence-electron chi connectivity index (χ4n) is 3.59. The molecule has 1 saturated heterocycles. The minimum atomic E-state index is -3.95. The van der Waals surface area contributed by atoms with Gasteiger partial charge in [0.2, 0.25) is 5.91 Å². The van der Waals surface area contributed by atoms with Crippen molar-refractivity contribution in [1.82, 2.24) is 10.2 Å². The van der Waals surface area contributed by atoms with E-state index in [0.29, 0.717) is 12.8 Å². The molecule has 3 rings (SSSR count). The second kappa shape index (κ2) is 8.13. The van der Waals surface area contributed by atoms with Crippen LogP contribution in [0.2, 0.25) is 0 Å². The molecular weight excluding hydrogens is 422 g/mol. The molecule has 1 saturated carbocycles. The Labute approximate surface area is 181 Å². The number of hydrogen-bond acceptors (Lipinski definition) is 7. The average Bonchev–Trinajstić information content (AvgIpc) is 3.31. The number of ether oxygens (including phenoxy) is 1. The lowest BCUT2D eigenvalue weighted by Crippen LogP contribution is -2.50. The molecule has 2 atom stereocenters. The van der Waals surface area contributed by atoms with Crippen LogP contribution in [0.15, 0.2) is 29.2 Å². The van der Waals surface area contributed by atoms with Crippen LogP contribution in [-0.4, -0.2) is 59.4 Å². The fourth-order valence-corrected chi connectivity index (χ4v) is 5.51. The van der Waals surface area contributed by atoms with E-state index in [2.05, 4.69) is 11.4 Å². The number of hydrogen-bond donors (Lipinski definition) is 2. The van der Waals surface area contributed by atoms with Gasteiger partial charge in [0.05, 0.1) is 22.8 Å². The molecule has 10 heteroatoms. The average molecular weight is 450 g/mol. The van der Waals surface area contributed by atoms with Crippen LogP contribution in [0, 0.1) is 11.3 Å². The Morgan fingerprint density at radius 2 is 1.97 bits per heavy atom. The molecule has 2 unspecified atom stereocenters. The summed E-state index contributed by atoms with van der Waals surface area (Å²) in [5.74, 6) is -0.571. The van der Waals surface area contributed by atoms with Gasteiger partial charge in [-0.2, -0.15) is 5.26 Å². The second-order valence-corrected chi connectivity index (χ2v) is 11.2. The van der Waals surface area contributed by atoms with Gasteiger partial charge in [-0.05, 0) is 51.7 Å². The summed E-state index contributed by atoms with van der Waals surface area (Å²) in [6.45, 7) is 4.35. The maximum Gasteiger partial charge on any atom is 0.411 e. The van der Waals surface area contributed by atoms with E-state index in [-0.39, 0.29) is 23.4 Å². The molecule has 1 heterocycles. The van der Waals surface area contributed by atoms with Crippen LogP contribution in [-0.2, 0) is 26.0 Å². The molecule has 1 aliphatic heterocycles. The monoisotopic (exact) mass is 449 g/mol. The normalized spacial score (nSPS) is 22.5. The summed E-state index contributed by atoms with van der Waals surface area (Å²) < 4.78 is 32.0. The van der Waals surface area contributed by atoms with E-state index in [9.17, 15) is 28.4 Å². The van der Waals surface area contributed by atoms with Crippen molar-refractivity contribution in [3.05, 3.63) is 29.8 Å². The first-order valence-corrected chi connectivity index (χ1v) is 11.6. The molecule has 0 aromatic heterocycles. The van der Waals surface area contributed by atoms with Crippen molar-refractivity contribution in [1.29, 1.82) is 5.26 Å². The summed E-state index contributed by atoms with van der Waals surface area (Å²) in [4.78, 5) is 26.8. The van der Waals surface area contributed by atoms with Crippen LogP contribution in [0.5, 0.6) is 0 Å². The van der Waals surface area contributed by atoms with Crippen LogP contribution >= 0.6 is 0 Å². The Bertz CT molecular complexity index is 1020. The van der Waals surface area contributed by atoms with Gasteiger partial charge in [0.15, 0.2) is 9.84 Å². The van der Waals surface area contributed by atoms with Crippen LogP contribution in [0.1, 0.15) is 45.6 Å². The highest BCUT2D eigenvalue weighted by Crippen LogP contribution is 2.36. The summed E-state index contributed by atoms with van der Waals surface area (Å²) in [6.07, 6.45) is 0.108. The van der Waals surface area contributed by atoms with Crippen LogP contribution in [0.25, 0.3) is 0 Å². The highest BCUT2D eigenvalue weighted by atomic mass is 32.2. The van der Waals surface area contributed by atoms with E-state index in [0.717, 1.165) is 4.90 Å². The summed E-state index contributed by atoms with van der Waals surface area (Å²) >= 11 is 0. The van der Waals surface area contributed by atoms with Gasteiger partial charge in [0.1, 0.15) is 17.2 Å². The van der Waals surface area contributed by atoms with Crippen LogP contribution in [0.3, 0.4) is 0 Å². The van der Waals surface area contributed by atoms with Crippen molar-refractivity contribution < 1.29 is 27.9 Å². The minimum Gasteiger partial charge on any atom is -0.444 e. The number of aliphatic hydroxyl groups is 1. The maximum atomic E-state index is 13.3. The lowest BCUT2D eigenvalue weighted by Gasteiger charge is -2.28. The first-order chi connectivity index (χ1) is 14.4. The highest BCUT2D eigenvalue weighted by molar-refractivity contribution is 7.92.